The molecule has 0 atom stereocenters. The monoisotopic (exact) mass is 365 g/mol. The predicted octanol–water partition coefficient (Wildman–Crippen LogP) is 3.08. The smallest absolute Gasteiger partial charge is 0.303 e. The molecule has 8 heteroatoms. The van der Waals surface area contributed by atoms with Crippen LogP contribution in [0.5, 0.6) is 0 Å². The van der Waals surface area contributed by atoms with Gasteiger partial charge in [0.25, 0.3) is 0 Å². The number of carbonyl (C=O) groups excluding carboxylic acids is 1. The van der Waals surface area contributed by atoms with Gasteiger partial charge in [0.2, 0.25) is 17.6 Å². The third-order valence-electron chi connectivity index (χ3n) is 3.58. The number of amides is 1. The fraction of sp³-hybridized carbons (Fsp3) is 0.412. The van der Waals surface area contributed by atoms with Crippen LogP contribution in [0.4, 0.5) is 0 Å². The second kappa shape index (κ2) is 8.11. The van der Waals surface area contributed by atoms with Gasteiger partial charge in [-0.05, 0) is 44.5 Å². The third-order valence-corrected chi connectivity index (χ3v) is 3.83. The number of hydrogen-bond acceptors (Lipinski definition) is 5. The van der Waals surface area contributed by atoms with Gasteiger partial charge < -0.3 is 14.9 Å². The van der Waals surface area contributed by atoms with E-state index in [1.807, 2.05) is 0 Å². The summed E-state index contributed by atoms with van der Waals surface area (Å²) in [5, 5.41) is 16.1. The van der Waals surface area contributed by atoms with Gasteiger partial charge in [-0.1, -0.05) is 16.8 Å². The number of carbonyl (C=O) groups is 2. The average molecular weight is 366 g/mol. The molecular weight excluding hydrogens is 346 g/mol. The van der Waals surface area contributed by atoms with Gasteiger partial charge in [0.05, 0.1) is 0 Å². The number of rotatable bonds is 8. The van der Waals surface area contributed by atoms with Crippen molar-refractivity contribution in [3.05, 3.63) is 35.2 Å². The number of benzene rings is 1. The number of halogens is 1. The third kappa shape index (κ3) is 6.19. The van der Waals surface area contributed by atoms with Crippen LogP contribution in [0.3, 0.4) is 0 Å². The molecule has 0 spiro atoms. The zero-order chi connectivity index (χ0) is 18.4. The van der Waals surface area contributed by atoms with Crippen molar-refractivity contribution in [2.75, 3.05) is 0 Å². The number of aromatic nitrogens is 2. The van der Waals surface area contributed by atoms with Crippen molar-refractivity contribution in [1.82, 2.24) is 15.5 Å². The lowest BCUT2D eigenvalue weighted by Gasteiger charge is -2.25. The summed E-state index contributed by atoms with van der Waals surface area (Å²) in [5.74, 6) is -0.276. The van der Waals surface area contributed by atoms with Gasteiger partial charge in [-0.15, -0.1) is 0 Å². The number of nitrogens with one attached hydrogen (secondary N) is 1. The number of carboxylic acid groups (broad SMARTS) is 1. The fourth-order valence-electron chi connectivity index (χ4n) is 2.21. The van der Waals surface area contributed by atoms with Gasteiger partial charge >= 0.3 is 5.97 Å². The maximum atomic E-state index is 12.0. The summed E-state index contributed by atoms with van der Waals surface area (Å²) >= 11 is 5.84. The SMILES string of the molecule is CC(C)(CCC(=O)O)NC(=O)CCc1nc(-c2ccc(Cl)cc2)no1. The second-order valence-corrected chi connectivity index (χ2v) is 6.78. The van der Waals surface area contributed by atoms with Crippen LogP contribution >= 0.6 is 11.6 Å². The first-order valence-electron chi connectivity index (χ1n) is 7.86. The Labute approximate surface area is 150 Å². The van der Waals surface area contributed by atoms with Crippen molar-refractivity contribution >= 4 is 23.5 Å². The van der Waals surface area contributed by atoms with Crippen molar-refractivity contribution in [1.29, 1.82) is 0 Å². The number of aryl methyl sites for hydroxylation is 1. The van der Waals surface area contributed by atoms with Crippen molar-refractivity contribution in [2.24, 2.45) is 0 Å². The molecule has 1 aromatic heterocycles. The first-order chi connectivity index (χ1) is 11.7. The van der Waals surface area contributed by atoms with Crippen molar-refractivity contribution in [3.8, 4) is 11.4 Å². The largest absolute Gasteiger partial charge is 0.481 e. The van der Waals surface area contributed by atoms with Crippen LogP contribution in [-0.2, 0) is 16.0 Å². The van der Waals surface area contributed by atoms with E-state index < -0.39 is 11.5 Å². The van der Waals surface area contributed by atoms with Gasteiger partial charge in [0, 0.05) is 35.4 Å². The molecule has 134 valence electrons. The molecule has 2 N–H and O–H groups in total. The Hall–Kier alpha value is -2.41. The molecule has 0 saturated carbocycles. The summed E-state index contributed by atoms with van der Waals surface area (Å²) in [5.41, 5.74) is 0.192. The van der Waals surface area contributed by atoms with E-state index in [9.17, 15) is 9.59 Å². The van der Waals surface area contributed by atoms with E-state index in [-0.39, 0.29) is 18.7 Å². The van der Waals surface area contributed by atoms with E-state index in [0.717, 1.165) is 5.56 Å². The molecule has 0 aliphatic rings. The van der Waals surface area contributed by atoms with Crippen LogP contribution in [0.25, 0.3) is 11.4 Å². The van der Waals surface area contributed by atoms with Crippen molar-refractivity contribution < 1.29 is 19.2 Å². The summed E-state index contributed by atoms with van der Waals surface area (Å²) in [6.45, 7) is 3.58. The molecule has 0 unspecified atom stereocenters. The molecule has 0 aliphatic heterocycles. The Kier molecular flexibility index (Phi) is 6.14. The molecule has 1 amide bonds. The Bertz CT molecular complexity index is 741. The lowest BCUT2D eigenvalue weighted by Crippen LogP contribution is -2.43. The molecule has 1 aromatic carbocycles. The number of aliphatic carboxylic acids is 1. The highest BCUT2D eigenvalue weighted by molar-refractivity contribution is 6.30. The topological polar surface area (TPSA) is 105 Å². The molecule has 0 fully saturated rings. The Morgan fingerprint density at radius 3 is 2.56 bits per heavy atom. The van der Waals surface area contributed by atoms with E-state index in [0.29, 0.717) is 29.6 Å². The van der Waals surface area contributed by atoms with Gasteiger partial charge in [0.1, 0.15) is 0 Å². The molecule has 25 heavy (non-hydrogen) atoms. The highest BCUT2D eigenvalue weighted by Crippen LogP contribution is 2.19. The Morgan fingerprint density at radius 1 is 1.24 bits per heavy atom. The van der Waals surface area contributed by atoms with Crippen LogP contribution in [-0.4, -0.2) is 32.7 Å². The summed E-state index contributed by atoms with van der Waals surface area (Å²) < 4.78 is 5.16. The van der Waals surface area contributed by atoms with Gasteiger partial charge in [-0.3, -0.25) is 9.59 Å². The van der Waals surface area contributed by atoms with E-state index in [4.69, 9.17) is 21.2 Å². The molecule has 0 saturated heterocycles. The van der Waals surface area contributed by atoms with Crippen molar-refractivity contribution in [3.63, 3.8) is 0 Å². The van der Waals surface area contributed by atoms with Crippen LogP contribution in [0.1, 0.15) is 39.0 Å². The summed E-state index contributed by atoms with van der Waals surface area (Å²) in [7, 11) is 0. The maximum absolute atomic E-state index is 12.0. The van der Waals surface area contributed by atoms with Crippen LogP contribution in [0.2, 0.25) is 5.02 Å². The number of carboxylic acids is 1. The lowest BCUT2D eigenvalue weighted by molar-refractivity contribution is -0.137. The highest BCUT2D eigenvalue weighted by atomic mass is 35.5. The van der Waals surface area contributed by atoms with Gasteiger partial charge in [0.15, 0.2) is 0 Å². The van der Waals surface area contributed by atoms with Gasteiger partial charge in [-0.25, -0.2) is 0 Å². The minimum absolute atomic E-state index is 0.00138. The highest BCUT2D eigenvalue weighted by Gasteiger charge is 2.21. The first kappa shape index (κ1) is 18.9. The fourth-order valence-corrected chi connectivity index (χ4v) is 2.34. The Balaban J connectivity index is 1.86. The lowest BCUT2D eigenvalue weighted by atomic mass is 9.98. The van der Waals surface area contributed by atoms with Crippen LogP contribution in [0, 0.1) is 0 Å². The van der Waals surface area contributed by atoms with E-state index in [1.54, 1.807) is 38.1 Å². The molecule has 7 nitrogen and oxygen atoms in total. The predicted molar refractivity (Wildman–Crippen MR) is 92.2 cm³/mol. The molecular formula is C17H20ClN3O4. The van der Waals surface area contributed by atoms with E-state index in [1.165, 1.54) is 0 Å². The molecule has 2 rings (SSSR count). The molecule has 0 aliphatic carbocycles. The standard InChI is InChI=1S/C17H20ClN3O4/c1-17(2,10-9-15(23)24)20-13(22)7-8-14-19-16(21-25-14)11-3-5-12(18)6-4-11/h3-6H,7-10H2,1-2H3,(H,20,22)(H,23,24). The van der Waals surface area contributed by atoms with Crippen LogP contribution < -0.4 is 5.32 Å². The summed E-state index contributed by atoms with van der Waals surface area (Å²) in [6.07, 6.45) is 0.844. The average Bonchev–Trinajstić information content (AvgIpc) is 3.00. The maximum Gasteiger partial charge on any atom is 0.303 e. The molecule has 0 bridgehead atoms. The Morgan fingerprint density at radius 2 is 1.92 bits per heavy atom. The number of hydrogen-bond donors (Lipinski definition) is 2. The van der Waals surface area contributed by atoms with E-state index >= 15 is 0 Å². The molecule has 1 heterocycles. The normalized spacial score (nSPS) is 11.3. The molecule has 2 aromatic rings. The van der Waals surface area contributed by atoms with Crippen LogP contribution in [0.15, 0.2) is 28.8 Å². The van der Waals surface area contributed by atoms with E-state index in [2.05, 4.69) is 15.5 Å². The first-order valence-corrected chi connectivity index (χ1v) is 8.24. The second-order valence-electron chi connectivity index (χ2n) is 6.34. The minimum atomic E-state index is -0.886. The van der Waals surface area contributed by atoms with Gasteiger partial charge in [-0.2, -0.15) is 4.98 Å². The minimum Gasteiger partial charge on any atom is -0.481 e. The van der Waals surface area contributed by atoms with Crippen molar-refractivity contribution in [2.45, 2.75) is 45.1 Å². The summed E-state index contributed by atoms with van der Waals surface area (Å²) in [6, 6.07) is 7.04. The number of nitrogens with zero attached hydrogens (tertiary/aromatic N) is 2. The molecule has 0 radical (unpaired) electrons. The zero-order valence-electron chi connectivity index (χ0n) is 14.1. The summed E-state index contributed by atoms with van der Waals surface area (Å²) in [4.78, 5) is 26.9. The quantitative estimate of drug-likeness (QED) is 0.744. The zero-order valence-corrected chi connectivity index (χ0v) is 14.8.